The third-order valence-corrected chi connectivity index (χ3v) is 5.27. The lowest BCUT2D eigenvalue weighted by Gasteiger charge is -2.08. The first-order valence-electron chi connectivity index (χ1n) is 11.1. The predicted molar refractivity (Wildman–Crippen MR) is 135 cm³/mol. The highest BCUT2D eigenvalue weighted by Gasteiger charge is 2.13. The van der Waals surface area contributed by atoms with E-state index in [0.29, 0.717) is 40.7 Å². The topological polar surface area (TPSA) is 73.6 Å². The Hall–Kier alpha value is -4.84. The molecule has 0 unspecified atom stereocenters. The number of benzene rings is 3. The van der Waals surface area contributed by atoms with Crippen LogP contribution < -0.4 is 14.8 Å². The highest BCUT2D eigenvalue weighted by molar-refractivity contribution is 5.87. The van der Waals surface area contributed by atoms with E-state index in [1.807, 2.05) is 84.9 Å². The quantitative estimate of drug-likeness (QED) is 0.254. The summed E-state index contributed by atoms with van der Waals surface area (Å²) in [5, 5.41) is 2.78. The van der Waals surface area contributed by atoms with Crippen LogP contribution in [0.4, 0.5) is 0 Å². The van der Waals surface area contributed by atoms with Crippen molar-refractivity contribution in [3.63, 3.8) is 0 Å². The van der Waals surface area contributed by atoms with Crippen LogP contribution in [0.2, 0.25) is 0 Å². The van der Waals surface area contributed by atoms with Gasteiger partial charge in [0.05, 0.1) is 0 Å². The molecular formula is C29H22N2O4. The Labute approximate surface area is 202 Å². The van der Waals surface area contributed by atoms with Gasteiger partial charge in [0, 0.05) is 30.4 Å². The molecule has 6 nitrogen and oxygen atoms in total. The zero-order chi connectivity index (χ0) is 24.0. The number of amides is 1. The molecular weight excluding hydrogens is 440 g/mol. The molecule has 0 saturated heterocycles. The summed E-state index contributed by atoms with van der Waals surface area (Å²) in [6.45, 7) is 3.87. The van der Waals surface area contributed by atoms with Crippen LogP contribution in [0.5, 0.6) is 23.0 Å². The van der Waals surface area contributed by atoms with Crippen LogP contribution in [0.1, 0.15) is 5.56 Å². The van der Waals surface area contributed by atoms with Gasteiger partial charge in [-0.15, -0.1) is 0 Å². The third kappa shape index (κ3) is 5.23. The molecule has 3 aromatic carbocycles. The van der Waals surface area contributed by atoms with Crippen molar-refractivity contribution in [3.8, 4) is 34.3 Å². The van der Waals surface area contributed by atoms with Gasteiger partial charge in [-0.2, -0.15) is 0 Å². The van der Waals surface area contributed by atoms with Crippen LogP contribution in [0, 0.1) is 0 Å². The van der Waals surface area contributed by atoms with Crippen molar-refractivity contribution >= 4 is 17.0 Å². The molecule has 0 aliphatic heterocycles. The summed E-state index contributed by atoms with van der Waals surface area (Å²) in [6, 6.07) is 28.4. The number of nitrogens with zero attached hydrogens (tertiary/aromatic N) is 1. The molecule has 0 aliphatic rings. The number of hydrogen-bond donors (Lipinski definition) is 1. The van der Waals surface area contributed by atoms with E-state index in [0.717, 1.165) is 16.9 Å². The van der Waals surface area contributed by atoms with Crippen molar-refractivity contribution in [2.24, 2.45) is 0 Å². The molecule has 0 bridgehead atoms. The summed E-state index contributed by atoms with van der Waals surface area (Å²) in [6.07, 6.45) is 2.94. The number of carbonyl (C=O) groups is 1. The maximum absolute atomic E-state index is 11.5. The summed E-state index contributed by atoms with van der Waals surface area (Å²) >= 11 is 0. The zero-order valence-corrected chi connectivity index (χ0v) is 18.8. The second kappa shape index (κ2) is 9.97. The number of aromatic nitrogens is 1. The molecule has 1 N–H and O–H groups in total. The lowest BCUT2D eigenvalue weighted by Crippen LogP contribution is -2.19. The van der Waals surface area contributed by atoms with Gasteiger partial charge in [0.1, 0.15) is 28.5 Å². The minimum atomic E-state index is -0.218. The summed E-state index contributed by atoms with van der Waals surface area (Å²) < 4.78 is 18.1. The molecule has 0 radical (unpaired) electrons. The van der Waals surface area contributed by atoms with E-state index in [1.165, 1.54) is 6.08 Å². The summed E-state index contributed by atoms with van der Waals surface area (Å²) in [5.41, 5.74) is 3.06. The minimum absolute atomic E-state index is 0.218. The monoisotopic (exact) mass is 462 g/mol. The zero-order valence-electron chi connectivity index (χ0n) is 18.8. The number of carbonyl (C=O) groups excluding carboxylic acids is 1. The Morgan fingerprint density at radius 3 is 2.40 bits per heavy atom. The molecule has 0 atom stereocenters. The van der Waals surface area contributed by atoms with E-state index in [-0.39, 0.29) is 5.91 Å². The lowest BCUT2D eigenvalue weighted by atomic mass is 10.1. The van der Waals surface area contributed by atoms with Gasteiger partial charge >= 0.3 is 0 Å². The number of para-hydroxylation sites is 1. The molecule has 0 fully saturated rings. The molecule has 2 heterocycles. The van der Waals surface area contributed by atoms with Crippen LogP contribution in [0.25, 0.3) is 22.4 Å². The Morgan fingerprint density at radius 2 is 1.63 bits per heavy atom. The van der Waals surface area contributed by atoms with Crippen LogP contribution in [-0.2, 0) is 11.3 Å². The van der Waals surface area contributed by atoms with Crippen molar-refractivity contribution in [1.29, 1.82) is 0 Å². The standard InChI is InChI=1S/C29H22N2O4/c1-2-28(32)31-19-20-7-6-8-21(17-20)27-18-25-29(35-27)26(15-16-30-25)34-24-13-11-23(12-14-24)33-22-9-4-3-5-10-22/h2-18H,1,19H2,(H,31,32). The van der Waals surface area contributed by atoms with Crippen LogP contribution in [0.15, 0.2) is 114 Å². The maximum atomic E-state index is 11.5. The predicted octanol–water partition coefficient (Wildman–Crippen LogP) is 6.88. The molecule has 0 saturated carbocycles. The van der Waals surface area contributed by atoms with Crippen LogP contribution in [-0.4, -0.2) is 10.9 Å². The van der Waals surface area contributed by atoms with E-state index in [2.05, 4.69) is 16.9 Å². The molecule has 0 spiro atoms. The Morgan fingerprint density at radius 1 is 0.886 bits per heavy atom. The van der Waals surface area contributed by atoms with Crippen molar-refractivity contribution in [1.82, 2.24) is 10.3 Å². The van der Waals surface area contributed by atoms with E-state index in [1.54, 1.807) is 12.3 Å². The Bertz CT molecular complexity index is 1470. The average Bonchev–Trinajstić information content (AvgIpc) is 3.35. The van der Waals surface area contributed by atoms with E-state index >= 15 is 0 Å². The van der Waals surface area contributed by atoms with E-state index in [9.17, 15) is 4.79 Å². The number of furan rings is 1. The summed E-state index contributed by atoms with van der Waals surface area (Å²) in [5.74, 6) is 3.14. The minimum Gasteiger partial charge on any atom is -0.457 e. The highest BCUT2D eigenvalue weighted by atomic mass is 16.5. The first-order valence-corrected chi connectivity index (χ1v) is 11.1. The fraction of sp³-hybridized carbons (Fsp3) is 0.0345. The third-order valence-electron chi connectivity index (χ3n) is 5.27. The van der Waals surface area contributed by atoms with Gasteiger partial charge in [0.15, 0.2) is 11.3 Å². The molecule has 2 aromatic heterocycles. The van der Waals surface area contributed by atoms with Crippen molar-refractivity contribution < 1.29 is 18.7 Å². The maximum Gasteiger partial charge on any atom is 0.243 e. The van der Waals surface area contributed by atoms with E-state index in [4.69, 9.17) is 13.9 Å². The van der Waals surface area contributed by atoms with Crippen LogP contribution >= 0.6 is 0 Å². The first-order chi connectivity index (χ1) is 17.2. The van der Waals surface area contributed by atoms with Crippen molar-refractivity contribution in [2.75, 3.05) is 0 Å². The number of fused-ring (bicyclic) bond motifs is 1. The second-order valence-electron chi connectivity index (χ2n) is 7.74. The average molecular weight is 463 g/mol. The second-order valence-corrected chi connectivity index (χ2v) is 7.74. The Balaban J connectivity index is 1.35. The summed E-state index contributed by atoms with van der Waals surface area (Å²) in [4.78, 5) is 15.9. The molecule has 5 aromatic rings. The number of pyridine rings is 1. The van der Waals surface area contributed by atoms with Crippen molar-refractivity contribution in [2.45, 2.75) is 6.54 Å². The number of nitrogens with one attached hydrogen (secondary N) is 1. The van der Waals surface area contributed by atoms with Gasteiger partial charge in [-0.05, 0) is 54.1 Å². The molecule has 172 valence electrons. The van der Waals surface area contributed by atoms with Gasteiger partial charge in [0.2, 0.25) is 5.91 Å². The molecule has 0 aliphatic carbocycles. The van der Waals surface area contributed by atoms with Gasteiger partial charge in [-0.1, -0.05) is 43.0 Å². The number of hydrogen-bond acceptors (Lipinski definition) is 5. The fourth-order valence-corrected chi connectivity index (χ4v) is 3.56. The highest BCUT2D eigenvalue weighted by Crippen LogP contribution is 2.35. The SMILES string of the molecule is C=CC(=O)NCc1cccc(-c2cc3nccc(Oc4ccc(Oc5ccccc5)cc4)c3o2)c1. The van der Waals surface area contributed by atoms with Gasteiger partial charge in [-0.25, -0.2) is 0 Å². The summed E-state index contributed by atoms with van der Waals surface area (Å²) in [7, 11) is 0. The normalized spacial score (nSPS) is 10.6. The Kier molecular flexibility index (Phi) is 6.26. The number of rotatable bonds is 8. The molecule has 1 amide bonds. The van der Waals surface area contributed by atoms with Gasteiger partial charge < -0.3 is 19.2 Å². The van der Waals surface area contributed by atoms with Gasteiger partial charge in [0.25, 0.3) is 0 Å². The smallest absolute Gasteiger partial charge is 0.243 e. The lowest BCUT2D eigenvalue weighted by molar-refractivity contribution is -0.116. The largest absolute Gasteiger partial charge is 0.457 e. The van der Waals surface area contributed by atoms with Crippen molar-refractivity contribution in [3.05, 3.63) is 115 Å². The van der Waals surface area contributed by atoms with E-state index < -0.39 is 0 Å². The molecule has 6 heteroatoms. The fourth-order valence-electron chi connectivity index (χ4n) is 3.56. The van der Waals surface area contributed by atoms with Crippen LogP contribution in [0.3, 0.4) is 0 Å². The first kappa shape index (κ1) is 22.0. The molecule has 35 heavy (non-hydrogen) atoms. The molecule has 5 rings (SSSR count). The number of ether oxygens (including phenoxy) is 2. The van der Waals surface area contributed by atoms with Gasteiger partial charge in [-0.3, -0.25) is 9.78 Å².